The molecule has 1 amide bonds. The largest absolute Gasteiger partial charge is 0.325 e. The van der Waals surface area contributed by atoms with Crippen LogP contribution in [0.5, 0.6) is 0 Å². The number of carbonyl (C=O) groups is 1. The van der Waals surface area contributed by atoms with E-state index in [0.717, 1.165) is 5.56 Å². The van der Waals surface area contributed by atoms with Crippen molar-refractivity contribution in [2.75, 3.05) is 10.6 Å². The fourth-order valence-electron chi connectivity index (χ4n) is 0.965. The van der Waals surface area contributed by atoms with Crippen molar-refractivity contribution in [3.63, 3.8) is 0 Å². The third kappa shape index (κ3) is 2.78. The summed E-state index contributed by atoms with van der Waals surface area (Å²) in [6.07, 6.45) is 0. The molecule has 0 aromatic heterocycles. The van der Waals surface area contributed by atoms with Gasteiger partial charge in [0.1, 0.15) is 5.82 Å². The Kier molecular flexibility index (Phi) is 4.07. The molecular formula is C9H8Br2FNO. The number of halogens is 3. The summed E-state index contributed by atoms with van der Waals surface area (Å²) in [4.78, 5) is 11.0. The molecule has 0 heterocycles. The highest BCUT2D eigenvalue weighted by Gasteiger charge is 2.07. The van der Waals surface area contributed by atoms with Crippen LogP contribution < -0.4 is 5.32 Å². The highest BCUT2D eigenvalue weighted by atomic mass is 79.9. The Balaban J connectivity index is 2.98. The molecule has 0 radical (unpaired) electrons. The van der Waals surface area contributed by atoms with Gasteiger partial charge < -0.3 is 5.32 Å². The predicted molar refractivity (Wildman–Crippen MR) is 61.3 cm³/mol. The number of amides is 1. The number of hydrogen-bond donors (Lipinski definition) is 1. The maximum atomic E-state index is 13.1. The SMILES string of the molecule is Cc1cc(Br)c(F)cc1NC(=O)CBr. The summed E-state index contributed by atoms with van der Waals surface area (Å²) in [5.41, 5.74) is 1.31. The lowest BCUT2D eigenvalue weighted by Gasteiger charge is -2.07. The van der Waals surface area contributed by atoms with Gasteiger partial charge in [-0.25, -0.2) is 4.39 Å². The van der Waals surface area contributed by atoms with Crippen LogP contribution in [0.3, 0.4) is 0 Å². The van der Waals surface area contributed by atoms with E-state index in [4.69, 9.17) is 0 Å². The molecule has 0 saturated carbocycles. The van der Waals surface area contributed by atoms with Crippen LogP contribution in [0, 0.1) is 12.7 Å². The summed E-state index contributed by atoms with van der Waals surface area (Å²) in [5, 5.41) is 2.78. The Morgan fingerprint density at radius 2 is 2.21 bits per heavy atom. The summed E-state index contributed by atoms with van der Waals surface area (Å²) in [7, 11) is 0. The van der Waals surface area contributed by atoms with E-state index < -0.39 is 0 Å². The lowest BCUT2D eigenvalue weighted by atomic mass is 10.2. The maximum Gasteiger partial charge on any atom is 0.235 e. The molecule has 1 aromatic carbocycles. The smallest absolute Gasteiger partial charge is 0.235 e. The van der Waals surface area contributed by atoms with Crippen LogP contribution in [0.2, 0.25) is 0 Å². The number of nitrogens with one attached hydrogen (secondary N) is 1. The first-order valence-corrected chi connectivity index (χ1v) is 5.77. The number of aryl methyl sites for hydroxylation is 1. The fourth-order valence-corrected chi connectivity index (χ4v) is 1.56. The average Bonchev–Trinajstić information content (AvgIpc) is 2.14. The number of hydrogen-bond acceptors (Lipinski definition) is 1. The van der Waals surface area contributed by atoms with Crippen LogP contribution in [-0.4, -0.2) is 11.2 Å². The zero-order valence-electron chi connectivity index (χ0n) is 7.40. The van der Waals surface area contributed by atoms with E-state index in [1.807, 2.05) is 0 Å². The average molecular weight is 325 g/mol. The molecule has 0 aliphatic carbocycles. The van der Waals surface area contributed by atoms with Crippen molar-refractivity contribution in [3.05, 3.63) is 28.0 Å². The van der Waals surface area contributed by atoms with Gasteiger partial charge in [-0.2, -0.15) is 0 Å². The quantitative estimate of drug-likeness (QED) is 0.831. The Morgan fingerprint density at radius 3 is 2.79 bits per heavy atom. The summed E-state index contributed by atoms with van der Waals surface area (Å²) >= 11 is 6.08. The van der Waals surface area contributed by atoms with Crippen LogP contribution in [-0.2, 0) is 4.79 Å². The molecule has 0 atom stereocenters. The number of alkyl halides is 1. The van der Waals surface area contributed by atoms with Gasteiger partial charge in [-0.1, -0.05) is 15.9 Å². The molecular weight excluding hydrogens is 317 g/mol. The maximum absolute atomic E-state index is 13.1. The van der Waals surface area contributed by atoms with Crippen LogP contribution in [0.15, 0.2) is 16.6 Å². The van der Waals surface area contributed by atoms with Crippen LogP contribution in [0.1, 0.15) is 5.56 Å². The first-order chi connectivity index (χ1) is 6.54. The second-order valence-electron chi connectivity index (χ2n) is 2.76. The number of anilines is 1. The molecule has 0 aliphatic rings. The molecule has 0 aliphatic heterocycles. The van der Waals surface area contributed by atoms with E-state index in [9.17, 15) is 9.18 Å². The summed E-state index contributed by atoms with van der Waals surface area (Å²) < 4.78 is 13.5. The first-order valence-electron chi connectivity index (χ1n) is 3.86. The van der Waals surface area contributed by atoms with Crippen LogP contribution in [0.4, 0.5) is 10.1 Å². The van der Waals surface area contributed by atoms with Gasteiger partial charge in [-0.05, 0) is 40.5 Å². The fraction of sp³-hybridized carbons (Fsp3) is 0.222. The van der Waals surface area contributed by atoms with Gasteiger partial charge in [-0.3, -0.25) is 4.79 Å². The Hall–Kier alpha value is -0.420. The van der Waals surface area contributed by atoms with Crippen molar-refractivity contribution in [2.24, 2.45) is 0 Å². The third-order valence-corrected chi connectivity index (χ3v) is 2.78. The molecule has 0 fully saturated rings. The van der Waals surface area contributed by atoms with E-state index in [0.29, 0.717) is 10.2 Å². The zero-order chi connectivity index (χ0) is 10.7. The Morgan fingerprint density at radius 1 is 1.57 bits per heavy atom. The Labute approximate surface area is 98.1 Å². The molecule has 1 N–H and O–H groups in total. The summed E-state index contributed by atoms with van der Waals surface area (Å²) in [5.74, 6) is -0.588. The van der Waals surface area contributed by atoms with Crippen LogP contribution >= 0.6 is 31.9 Å². The summed E-state index contributed by atoms with van der Waals surface area (Å²) in [6, 6.07) is 2.92. The van der Waals surface area contributed by atoms with Crippen molar-refractivity contribution in [2.45, 2.75) is 6.92 Å². The Bertz CT molecular complexity index is 368. The molecule has 14 heavy (non-hydrogen) atoms. The van der Waals surface area contributed by atoms with Gasteiger partial charge >= 0.3 is 0 Å². The van der Waals surface area contributed by atoms with E-state index in [1.165, 1.54) is 6.07 Å². The van der Waals surface area contributed by atoms with Gasteiger partial charge in [0, 0.05) is 5.69 Å². The standard InChI is InChI=1S/C9H8Br2FNO/c1-5-2-6(11)7(12)3-8(5)13-9(14)4-10/h2-3H,4H2,1H3,(H,13,14). The molecule has 0 saturated heterocycles. The predicted octanol–water partition coefficient (Wildman–Crippen LogP) is 3.23. The minimum absolute atomic E-state index is 0.199. The zero-order valence-corrected chi connectivity index (χ0v) is 10.6. The van der Waals surface area contributed by atoms with Gasteiger partial charge in [-0.15, -0.1) is 0 Å². The minimum Gasteiger partial charge on any atom is -0.325 e. The van der Waals surface area contributed by atoms with Crippen molar-refractivity contribution in [3.8, 4) is 0 Å². The highest BCUT2D eigenvalue weighted by molar-refractivity contribution is 9.10. The third-order valence-electron chi connectivity index (χ3n) is 1.66. The second kappa shape index (κ2) is 4.89. The van der Waals surface area contributed by atoms with Gasteiger partial charge in [0.25, 0.3) is 0 Å². The molecule has 2 nitrogen and oxygen atoms in total. The van der Waals surface area contributed by atoms with Crippen molar-refractivity contribution < 1.29 is 9.18 Å². The number of carbonyl (C=O) groups excluding carboxylic acids is 1. The van der Waals surface area contributed by atoms with Crippen LogP contribution in [0.25, 0.3) is 0 Å². The van der Waals surface area contributed by atoms with Crippen molar-refractivity contribution in [1.29, 1.82) is 0 Å². The topological polar surface area (TPSA) is 29.1 Å². The first kappa shape index (κ1) is 11.7. The van der Waals surface area contributed by atoms with E-state index in [1.54, 1.807) is 13.0 Å². The normalized spacial score (nSPS) is 10.0. The minimum atomic E-state index is -0.388. The van der Waals surface area contributed by atoms with E-state index in [2.05, 4.69) is 37.2 Å². The molecule has 0 spiro atoms. The van der Waals surface area contributed by atoms with Crippen molar-refractivity contribution in [1.82, 2.24) is 0 Å². The van der Waals surface area contributed by atoms with Gasteiger partial charge in [0.05, 0.1) is 9.80 Å². The lowest BCUT2D eigenvalue weighted by Crippen LogP contribution is -2.13. The molecule has 0 unspecified atom stereocenters. The van der Waals surface area contributed by atoms with Gasteiger partial charge in [0.15, 0.2) is 0 Å². The van der Waals surface area contributed by atoms with E-state index in [-0.39, 0.29) is 17.1 Å². The van der Waals surface area contributed by atoms with E-state index >= 15 is 0 Å². The summed E-state index contributed by atoms with van der Waals surface area (Å²) in [6.45, 7) is 1.80. The van der Waals surface area contributed by atoms with Gasteiger partial charge in [0.2, 0.25) is 5.91 Å². The molecule has 0 bridgehead atoms. The molecule has 1 rings (SSSR count). The van der Waals surface area contributed by atoms with Crippen molar-refractivity contribution >= 4 is 43.5 Å². The number of benzene rings is 1. The molecule has 76 valence electrons. The second-order valence-corrected chi connectivity index (χ2v) is 4.18. The number of rotatable bonds is 2. The molecule has 5 heteroatoms. The lowest BCUT2D eigenvalue weighted by molar-refractivity contribution is -0.113. The monoisotopic (exact) mass is 323 g/mol. The molecule has 1 aromatic rings. The highest BCUT2D eigenvalue weighted by Crippen LogP contribution is 2.23.